The molecular formula is C16H26N2. The summed E-state index contributed by atoms with van der Waals surface area (Å²) in [6, 6.07) is 8.86. The van der Waals surface area contributed by atoms with Gasteiger partial charge in [-0.3, -0.25) is 0 Å². The van der Waals surface area contributed by atoms with Crippen LogP contribution in [-0.4, -0.2) is 19.6 Å². The summed E-state index contributed by atoms with van der Waals surface area (Å²) < 4.78 is 0. The van der Waals surface area contributed by atoms with Crippen LogP contribution >= 0.6 is 0 Å². The van der Waals surface area contributed by atoms with Crippen LogP contribution in [0.3, 0.4) is 0 Å². The van der Waals surface area contributed by atoms with Gasteiger partial charge in [0.1, 0.15) is 0 Å². The van der Waals surface area contributed by atoms with E-state index >= 15 is 0 Å². The monoisotopic (exact) mass is 246 g/mol. The highest BCUT2D eigenvalue weighted by Crippen LogP contribution is 2.38. The molecular weight excluding hydrogens is 220 g/mol. The van der Waals surface area contributed by atoms with Crippen molar-refractivity contribution in [2.75, 3.05) is 24.5 Å². The number of hydrogen-bond donors (Lipinski definition) is 1. The van der Waals surface area contributed by atoms with Crippen LogP contribution in [0.15, 0.2) is 24.3 Å². The molecule has 2 nitrogen and oxygen atoms in total. The lowest BCUT2D eigenvalue weighted by atomic mass is 9.85. The lowest BCUT2D eigenvalue weighted by Crippen LogP contribution is -2.41. The zero-order valence-electron chi connectivity index (χ0n) is 11.8. The molecule has 0 aliphatic heterocycles. The Balaban J connectivity index is 2.11. The van der Waals surface area contributed by atoms with E-state index in [0.717, 1.165) is 19.6 Å². The first kappa shape index (κ1) is 13.4. The first-order chi connectivity index (χ1) is 8.69. The number of aryl methyl sites for hydroxylation is 1. The molecule has 1 aliphatic carbocycles. The zero-order valence-corrected chi connectivity index (χ0v) is 11.8. The normalized spacial score (nSPS) is 17.9. The van der Waals surface area contributed by atoms with Gasteiger partial charge in [-0.1, -0.05) is 30.5 Å². The number of nitrogens with zero attached hydrogens (tertiary/aromatic N) is 1. The Bertz CT molecular complexity index is 363. The van der Waals surface area contributed by atoms with Gasteiger partial charge >= 0.3 is 0 Å². The second-order valence-corrected chi connectivity index (χ2v) is 5.76. The minimum Gasteiger partial charge on any atom is -0.371 e. The Kier molecular flexibility index (Phi) is 4.28. The van der Waals surface area contributed by atoms with Crippen LogP contribution in [0.25, 0.3) is 0 Å². The summed E-state index contributed by atoms with van der Waals surface area (Å²) in [4.78, 5) is 2.48. The molecule has 100 valence electrons. The van der Waals surface area contributed by atoms with Crippen molar-refractivity contribution in [3.05, 3.63) is 29.8 Å². The van der Waals surface area contributed by atoms with Crippen molar-refractivity contribution in [1.29, 1.82) is 0 Å². The fourth-order valence-corrected chi connectivity index (χ4v) is 3.10. The SMILES string of the molecule is CCN(CC1(CN)CCCC1)c1ccc(C)cc1. The van der Waals surface area contributed by atoms with Gasteiger partial charge in [0.05, 0.1) is 0 Å². The summed E-state index contributed by atoms with van der Waals surface area (Å²) in [5.41, 5.74) is 9.07. The predicted molar refractivity (Wildman–Crippen MR) is 79.0 cm³/mol. The van der Waals surface area contributed by atoms with Gasteiger partial charge in [0, 0.05) is 24.2 Å². The molecule has 1 aromatic carbocycles. The zero-order chi connectivity index (χ0) is 13.0. The number of nitrogens with two attached hydrogens (primary N) is 1. The topological polar surface area (TPSA) is 29.3 Å². The fraction of sp³-hybridized carbons (Fsp3) is 0.625. The lowest BCUT2D eigenvalue weighted by molar-refractivity contribution is 0.312. The molecule has 0 atom stereocenters. The number of anilines is 1. The molecule has 2 rings (SSSR count). The molecule has 0 amide bonds. The van der Waals surface area contributed by atoms with E-state index in [9.17, 15) is 0 Å². The Morgan fingerprint density at radius 1 is 1.17 bits per heavy atom. The van der Waals surface area contributed by atoms with E-state index in [4.69, 9.17) is 5.73 Å². The van der Waals surface area contributed by atoms with Gasteiger partial charge in [0.25, 0.3) is 0 Å². The molecule has 0 saturated heterocycles. The van der Waals surface area contributed by atoms with E-state index in [1.807, 2.05) is 0 Å². The van der Waals surface area contributed by atoms with Gasteiger partial charge in [-0.25, -0.2) is 0 Å². The molecule has 0 unspecified atom stereocenters. The molecule has 0 bridgehead atoms. The van der Waals surface area contributed by atoms with Gasteiger partial charge in [-0.2, -0.15) is 0 Å². The van der Waals surface area contributed by atoms with Crippen molar-refractivity contribution in [1.82, 2.24) is 0 Å². The van der Waals surface area contributed by atoms with Crippen molar-refractivity contribution >= 4 is 5.69 Å². The van der Waals surface area contributed by atoms with Crippen molar-refractivity contribution in [3.8, 4) is 0 Å². The summed E-state index contributed by atoms with van der Waals surface area (Å²) in [6.45, 7) is 7.38. The molecule has 0 radical (unpaired) electrons. The average Bonchev–Trinajstić information content (AvgIpc) is 2.86. The highest BCUT2D eigenvalue weighted by molar-refractivity contribution is 5.47. The van der Waals surface area contributed by atoms with Crippen LogP contribution in [0.4, 0.5) is 5.69 Å². The maximum Gasteiger partial charge on any atom is 0.0366 e. The quantitative estimate of drug-likeness (QED) is 0.863. The molecule has 1 aromatic rings. The van der Waals surface area contributed by atoms with E-state index in [-0.39, 0.29) is 0 Å². The molecule has 2 heteroatoms. The van der Waals surface area contributed by atoms with Crippen LogP contribution in [0.2, 0.25) is 0 Å². The molecule has 0 heterocycles. The fourth-order valence-electron chi connectivity index (χ4n) is 3.10. The van der Waals surface area contributed by atoms with E-state index in [1.54, 1.807) is 0 Å². The summed E-state index contributed by atoms with van der Waals surface area (Å²) in [7, 11) is 0. The highest BCUT2D eigenvalue weighted by Gasteiger charge is 2.34. The van der Waals surface area contributed by atoms with E-state index in [1.165, 1.54) is 36.9 Å². The standard InChI is InChI=1S/C16H26N2/c1-3-18(15-8-6-14(2)7-9-15)13-16(12-17)10-4-5-11-16/h6-9H,3-5,10-13,17H2,1-2H3. The number of rotatable bonds is 5. The maximum absolute atomic E-state index is 6.05. The van der Waals surface area contributed by atoms with Crippen LogP contribution in [0.1, 0.15) is 38.2 Å². The Labute approximate surface area is 111 Å². The third-order valence-corrected chi connectivity index (χ3v) is 4.40. The minimum atomic E-state index is 0.362. The summed E-state index contributed by atoms with van der Waals surface area (Å²) >= 11 is 0. The van der Waals surface area contributed by atoms with Crippen molar-refractivity contribution in [3.63, 3.8) is 0 Å². The van der Waals surface area contributed by atoms with E-state index in [0.29, 0.717) is 5.41 Å². The van der Waals surface area contributed by atoms with Crippen LogP contribution in [0.5, 0.6) is 0 Å². The average molecular weight is 246 g/mol. The summed E-state index contributed by atoms with van der Waals surface area (Å²) in [5, 5.41) is 0. The van der Waals surface area contributed by atoms with Crippen LogP contribution < -0.4 is 10.6 Å². The highest BCUT2D eigenvalue weighted by atomic mass is 15.1. The number of benzene rings is 1. The Morgan fingerprint density at radius 2 is 1.78 bits per heavy atom. The largest absolute Gasteiger partial charge is 0.371 e. The summed E-state index contributed by atoms with van der Waals surface area (Å²) in [5.74, 6) is 0. The first-order valence-electron chi connectivity index (χ1n) is 7.21. The van der Waals surface area contributed by atoms with Gasteiger partial charge in [0.15, 0.2) is 0 Å². The van der Waals surface area contributed by atoms with Gasteiger partial charge < -0.3 is 10.6 Å². The number of hydrogen-bond acceptors (Lipinski definition) is 2. The lowest BCUT2D eigenvalue weighted by Gasteiger charge is -2.35. The molecule has 0 aromatic heterocycles. The third-order valence-electron chi connectivity index (χ3n) is 4.40. The molecule has 1 aliphatic rings. The van der Waals surface area contributed by atoms with Crippen LogP contribution in [0, 0.1) is 12.3 Å². The second-order valence-electron chi connectivity index (χ2n) is 5.76. The molecule has 0 spiro atoms. The molecule has 1 fully saturated rings. The van der Waals surface area contributed by atoms with Crippen molar-refractivity contribution in [2.45, 2.75) is 39.5 Å². The molecule has 1 saturated carbocycles. The van der Waals surface area contributed by atoms with Crippen molar-refractivity contribution in [2.24, 2.45) is 11.1 Å². The smallest absolute Gasteiger partial charge is 0.0366 e. The maximum atomic E-state index is 6.05. The Morgan fingerprint density at radius 3 is 2.28 bits per heavy atom. The Hall–Kier alpha value is -1.02. The van der Waals surface area contributed by atoms with Gasteiger partial charge in [0.2, 0.25) is 0 Å². The van der Waals surface area contributed by atoms with Gasteiger partial charge in [-0.05, 0) is 45.4 Å². The van der Waals surface area contributed by atoms with E-state index < -0.39 is 0 Å². The van der Waals surface area contributed by atoms with Crippen molar-refractivity contribution < 1.29 is 0 Å². The second kappa shape index (κ2) is 5.75. The van der Waals surface area contributed by atoms with Crippen LogP contribution in [-0.2, 0) is 0 Å². The first-order valence-corrected chi connectivity index (χ1v) is 7.21. The molecule has 2 N–H and O–H groups in total. The minimum absolute atomic E-state index is 0.362. The third kappa shape index (κ3) is 2.86. The summed E-state index contributed by atoms with van der Waals surface area (Å²) in [6.07, 6.45) is 5.29. The van der Waals surface area contributed by atoms with E-state index in [2.05, 4.69) is 43.0 Å². The molecule has 18 heavy (non-hydrogen) atoms. The van der Waals surface area contributed by atoms with Gasteiger partial charge in [-0.15, -0.1) is 0 Å². The predicted octanol–water partition coefficient (Wildman–Crippen LogP) is 3.34.